The fraction of sp³-hybridized carbons (Fsp3) is 0.0714. The minimum Gasteiger partial charge on any atom is -0.332 e. The molecule has 2 N–H and O–H groups in total. The van der Waals surface area contributed by atoms with Gasteiger partial charge >= 0.3 is 0 Å². The topological polar surface area (TPSA) is 24.1 Å². The number of nitrogens with one attached hydrogen (secondary N) is 2. The van der Waals surface area contributed by atoms with Gasteiger partial charge in [0.1, 0.15) is 5.82 Å². The van der Waals surface area contributed by atoms with Crippen LogP contribution in [0.2, 0.25) is 0 Å². The van der Waals surface area contributed by atoms with Crippen LogP contribution in [0.5, 0.6) is 0 Å². The van der Waals surface area contributed by atoms with Crippen molar-refractivity contribution in [3.05, 3.63) is 58.3 Å². The molecule has 0 bridgehead atoms. The zero-order chi connectivity index (χ0) is 13.8. The molecule has 2 rings (SSSR count). The molecule has 0 unspecified atom stereocenters. The lowest BCUT2D eigenvalue weighted by molar-refractivity contribution is 0.619. The normalized spacial score (nSPS) is 10.1. The molecule has 0 aromatic heterocycles. The SMILES string of the molecule is Cc1c(F)cccc1NC(=S)Nc1cccc(Br)c1. The summed E-state index contributed by atoms with van der Waals surface area (Å²) in [6.07, 6.45) is 0. The summed E-state index contributed by atoms with van der Waals surface area (Å²) in [6.45, 7) is 1.71. The molecule has 0 atom stereocenters. The molecule has 0 aliphatic heterocycles. The Morgan fingerprint density at radius 3 is 2.63 bits per heavy atom. The van der Waals surface area contributed by atoms with Gasteiger partial charge < -0.3 is 10.6 Å². The second-order valence-corrected chi connectivity index (χ2v) is 5.33. The summed E-state index contributed by atoms with van der Waals surface area (Å²) in [5, 5.41) is 6.45. The van der Waals surface area contributed by atoms with Crippen molar-refractivity contribution in [2.45, 2.75) is 6.92 Å². The van der Waals surface area contributed by atoms with E-state index in [1.165, 1.54) is 6.07 Å². The smallest absolute Gasteiger partial charge is 0.175 e. The molecule has 0 aliphatic carbocycles. The van der Waals surface area contributed by atoms with Crippen LogP contribution >= 0.6 is 28.1 Å². The molecule has 0 saturated heterocycles. The third-order valence-electron chi connectivity index (χ3n) is 2.60. The lowest BCUT2D eigenvalue weighted by Crippen LogP contribution is -2.19. The van der Waals surface area contributed by atoms with E-state index in [1.54, 1.807) is 19.1 Å². The van der Waals surface area contributed by atoms with Crippen molar-refractivity contribution in [3.8, 4) is 0 Å². The Labute approximate surface area is 125 Å². The second-order valence-electron chi connectivity index (χ2n) is 4.00. The van der Waals surface area contributed by atoms with E-state index in [-0.39, 0.29) is 5.82 Å². The molecular formula is C14H12BrFN2S. The molecule has 2 aromatic rings. The van der Waals surface area contributed by atoms with Crippen molar-refractivity contribution < 1.29 is 4.39 Å². The van der Waals surface area contributed by atoms with Gasteiger partial charge in [-0.2, -0.15) is 0 Å². The van der Waals surface area contributed by atoms with Crippen molar-refractivity contribution in [2.24, 2.45) is 0 Å². The van der Waals surface area contributed by atoms with E-state index in [4.69, 9.17) is 12.2 Å². The second kappa shape index (κ2) is 6.12. The van der Waals surface area contributed by atoms with Crippen LogP contribution in [0.3, 0.4) is 0 Å². The number of hydrogen-bond donors (Lipinski definition) is 2. The fourth-order valence-corrected chi connectivity index (χ4v) is 2.22. The summed E-state index contributed by atoms with van der Waals surface area (Å²) >= 11 is 8.59. The van der Waals surface area contributed by atoms with Crippen LogP contribution in [0.1, 0.15) is 5.56 Å². The molecule has 98 valence electrons. The molecule has 2 aromatic carbocycles. The van der Waals surface area contributed by atoms with Crippen molar-refractivity contribution in [1.82, 2.24) is 0 Å². The van der Waals surface area contributed by atoms with E-state index in [2.05, 4.69) is 26.6 Å². The van der Waals surface area contributed by atoms with E-state index in [0.29, 0.717) is 16.4 Å². The van der Waals surface area contributed by atoms with Gasteiger partial charge in [-0.1, -0.05) is 28.1 Å². The Balaban J connectivity index is 2.08. The van der Waals surface area contributed by atoms with Crippen LogP contribution < -0.4 is 10.6 Å². The summed E-state index contributed by atoms with van der Waals surface area (Å²) in [4.78, 5) is 0. The van der Waals surface area contributed by atoms with Gasteiger partial charge in [0.15, 0.2) is 5.11 Å². The Bertz CT molecular complexity index is 616. The van der Waals surface area contributed by atoms with Gasteiger partial charge in [-0.15, -0.1) is 0 Å². The summed E-state index contributed by atoms with van der Waals surface area (Å²) in [6, 6.07) is 12.5. The molecule has 19 heavy (non-hydrogen) atoms. The van der Waals surface area contributed by atoms with Gasteiger partial charge in [0.25, 0.3) is 0 Å². The van der Waals surface area contributed by atoms with E-state index in [9.17, 15) is 4.39 Å². The minimum atomic E-state index is -0.254. The lowest BCUT2D eigenvalue weighted by Gasteiger charge is -2.13. The van der Waals surface area contributed by atoms with Gasteiger partial charge in [0.2, 0.25) is 0 Å². The Kier molecular flexibility index (Phi) is 4.50. The highest BCUT2D eigenvalue weighted by molar-refractivity contribution is 9.10. The van der Waals surface area contributed by atoms with E-state index in [1.807, 2.05) is 24.3 Å². The van der Waals surface area contributed by atoms with Gasteiger partial charge in [-0.3, -0.25) is 0 Å². The number of anilines is 2. The first-order chi connectivity index (χ1) is 9.06. The summed E-state index contributed by atoms with van der Waals surface area (Å²) < 4.78 is 14.4. The van der Waals surface area contributed by atoms with Crippen molar-refractivity contribution in [3.63, 3.8) is 0 Å². The van der Waals surface area contributed by atoms with Crippen LogP contribution in [0.25, 0.3) is 0 Å². The summed E-state index contributed by atoms with van der Waals surface area (Å²) in [5.41, 5.74) is 2.06. The van der Waals surface area contributed by atoms with Gasteiger partial charge in [0, 0.05) is 21.4 Å². The molecule has 0 fully saturated rings. The van der Waals surface area contributed by atoms with E-state index >= 15 is 0 Å². The zero-order valence-corrected chi connectivity index (χ0v) is 12.6. The Hall–Kier alpha value is -1.46. The zero-order valence-electron chi connectivity index (χ0n) is 10.2. The molecule has 2 nitrogen and oxygen atoms in total. The number of benzene rings is 2. The number of halogens is 2. The van der Waals surface area contributed by atoms with Gasteiger partial charge in [0.05, 0.1) is 0 Å². The first kappa shape index (κ1) is 14.0. The predicted molar refractivity (Wildman–Crippen MR) is 85.1 cm³/mol. The highest BCUT2D eigenvalue weighted by atomic mass is 79.9. The van der Waals surface area contributed by atoms with Crippen LogP contribution in [0, 0.1) is 12.7 Å². The van der Waals surface area contributed by atoms with Crippen LogP contribution in [0.4, 0.5) is 15.8 Å². The third kappa shape index (κ3) is 3.75. The molecular weight excluding hydrogens is 327 g/mol. The van der Waals surface area contributed by atoms with Crippen LogP contribution in [0.15, 0.2) is 46.9 Å². The molecule has 0 spiro atoms. The van der Waals surface area contributed by atoms with E-state index < -0.39 is 0 Å². The molecule has 5 heteroatoms. The fourth-order valence-electron chi connectivity index (χ4n) is 1.59. The van der Waals surface area contributed by atoms with Gasteiger partial charge in [-0.05, 0) is 49.5 Å². The highest BCUT2D eigenvalue weighted by Gasteiger charge is 2.05. The third-order valence-corrected chi connectivity index (χ3v) is 3.30. The average molecular weight is 339 g/mol. The standard InChI is InChI=1S/C14H12BrFN2S/c1-9-12(16)6-3-7-13(9)18-14(19)17-11-5-2-4-10(15)8-11/h2-8H,1H3,(H2,17,18,19). The molecule has 0 heterocycles. The van der Waals surface area contributed by atoms with Crippen LogP contribution in [-0.2, 0) is 0 Å². The maximum Gasteiger partial charge on any atom is 0.175 e. The van der Waals surface area contributed by atoms with Gasteiger partial charge in [-0.25, -0.2) is 4.39 Å². The van der Waals surface area contributed by atoms with E-state index in [0.717, 1.165) is 10.2 Å². The number of hydrogen-bond acceptors (Lipinski definition) is 1. The first-order valence-corrected chi connectivity index (χ1v) is 6.85. The minimum absolute atomic E-state index is 0.254. The maximum absolute atomic E-state index is 13.4. The quantitative estimate of drug-likeness (QED) is 0.775. The Morgan fingerprint density at radius 2 is 1.89 bits per heavy atom. The molecule has 0 radical (unpaired) electrons. The number of rotatable bonds is 2. The molecule has 0 amide bonds. The van der Waals surface area contributed by atoms with Crippen molar-refractivity contribution >= 4 is 44.6 Å². The molecule has 0 aliphatic rings. The molecule has 0 saturated carbocycles. The van der Waals surface area contributed by atoms with Crippen molar-refractivity contribution in [2.75, 3.05) is 10.6 Å². The first-order valence-electron chi connectivity index (χ1n) is 5.65. The van der Waals surface area contributed by atoms with Crippen LogP contribution in [-0.4, -0.2) is 5.11 Å². The number of thiocarbonyl (C=S) groups is 1. The predicted octanol–water partition coefficient (Wildman–Crippen LogP) is 4.71. The lowest BCUT2D eigenvalue weighted by atomic mass is 10.2. The highest BCUT2D eigenvalue weighted by Crippen LogP contribution is 2.19. The maximum atomic E-state index is 13.4. The monoisotopic (exact) mass is 338 g/mol. The average Bonchev–Trinajstić information content (AvgIpc) is 2.35. The summed E-state index contributed by atoms with van der Waals surface area (Å²) in [5.74, 6) is -0.254. The Morgan fingerprint density at radius 1 is 1.16 bits per heavy atom. The van der Waals surface area contributed by atoms with Crippen molar-refractivity contribution in [1.29, 1.82) is 0 Å². The summed E-state index contributed by atoms with van der Waals surface area (Å²) in [7, 11) is 0. The largest absolute Gasteiger partial charge is 0.332 e.